The lowest BCUT2D eigenvalue weighted by molar-refractivity contribution is -0.121. The van der Waals surface area contributed by atoms with Crippen molar-refractivity contribution in [1.82, 2.24) is 15.1 Å². The van der Waals surface area contributed by atoms with Crippen LogP contribution in [-0.2, 0) is 11.3 Å². The second-order valence-electron chi connectivity index (χ2n) is 4.04. The molecular weight excluding hydrogens is 230 g/mol. The maximum absolute atomic E-state index is 12.1. The van der Waals surface area contributed by atoms with E-state index < -0.39 is 0 Å². The van der Waals surface area contributed by atoms with Crippen LogP contribution in [0.15, 0.2) is 35.3 Å². The predicted molar refractivity (Wildman–Crippen MR) is 69.3 cm³/mol. The third kappa shape index (κ3) is 2.56. The van der Waals surface area contributed by atoms with Crippen molar-refractivity contribution in [1.29, 1.82) is 0 Å². The Morgan fingerprint density at radius 3 is 2.94 bits per heavy atom. The van der Waals surface area contributed by atoms with Gasteiger partial charge in [-0.15, -0.1) is 0 Å². The zero-order valence-corrected chi connectivity index (χ0v) is 10.2. The number of fused-ring (bicyclic) bond motifs is 1. The van der Waals surface area contributed by atoms with Crippen LogP contribution in [-0.4, -0.2) is 22.2 Å². The molecule has 0 fully saturated rings. The number of hydrogen-bond acceptors (Lipinski definition) is 3. The number of carbonyl (C=O) groups excluding carboxylic acids is 1. The Morgan fingerprint density at radius 1 is 1.39 bits per heavy atom. The Labute approximate surface area is 104 Å². The number of nitrogens with zero attached hydrogens (tertiary/aromatic N) is 2. The van der Waals surface area contributed by atoms with Crippen LogP contribution >= 0.6 is 0 Å². The van der Waals surface area contributed by atoms with E-state index in [4.69, 9.17) is 0 Å². The summed E-state index contributed by atoms with van der Waals surface area (Å²) in [6.45, 7) is 2.55. The van der Waals surface area contributed by atoms with Gasteiger partial charge in [-0.25, -0.2) is 4.68 Å². The summed E-state index contributed by atoms with van der Waals surface area (Å²) < 4.78 is 1.19. The molecule has 0 bridgehead atoms. The largest absolute Gasteiger partial charge is 0.355 e. The van der Waals surface area contributed by atoms with Crippen LogP contribution in [0, 0.1) is 0 Å². The van der Waals surface area contributed by atoms with Crippen LogP contribution in [0.3, 0.4) is 0 Å². The van der Waals surface area contributed by atoms with Crippen molar-refractivity contribution < 1.29 is 4.79 Å². The molecular formula is C13H15N3O2. The number of hydrogen-bond donors (Lipinski definition) is 1. The summed E-state index contributed by atoms with van der Waals surface area (Å²) >= 11 is 0. The lowest BCUT2D eigenvalue weighted by Gasteiger charge is -2.06. The second-order valence-corrected chi connectivity index (χ2v) is 4.04. The number of carbonyl (C=O) groups is 1. The molecule has 2 rings (SSSR count). The first-order valence-electron chi connectivity index (χ1n) is 5.94. The summed E-state index contributed by atoms with van der Waals surface area (Å²) in [6, 6.07) is 7.21. The lowest BCUT2D eigenvalue weighted by Crippen LogP contribution is -2.33. The molecule has 0 radical (unpaired) electrons. The van der Waals surface area contributed by atoms with Gasteiger partial charge in [-0.1, -0.05) is 25.1 Å². The molecule has 2 aromatic rings. The minimum absolute atomic E-state index is 0.0380. The second kappa shape index (κ2) is 5.44. The molecule has 0 atom stereocenters. The molecule has 0 aliphatic rings. The van der Waals surface area contributed by atoms with Gasteiger partial charge in [0.1, 0.15) is 6.54 Å². The highest BCUT2D eigenvalue weighted by atomic mass is 16.2. The molecule has 1 aromatic carbocycles. The minimum Gasteiger partial charge on any atom is -0.355 e. The molecule has 1 heterocycles. The van der Waals surface area contributed by atoms with Gasteiger partial charge in [0.15, 0.2) is 0 Å². The maximum atomic E-state index is 12.1. The summed E-state index contributed by atoms with van der Waals surface area (Å²) in [5.74, 6) is -0.193. The highest BCUT2D eigenvalue weighted by Crippen LogP contribution is 2.05. The zero-order chi connectivity index (χ0) is 13.0. The van der Waals surface area contributed by atoms with Crippen LogP contribution in [0.4, 0.5) is 0 Å². The molecule has 1 aromatic heterocycles. The summed E-state index contributed by atoms with van der Waals surface area (Å²) in [7, 11) is 0. The molecule has 5 nitrogen and oxygen atoms in total. The highest BCUT2D eigenvalue weighted by molar-refractivity contribution is 5.81. The molecule has 1 N–H and O–H groups in total. The summed E-state index contributed by atoms with van der Waals surface area (Å²) in [5.41, 5.74) is -0.236. The van der Waals surface area contributed by atoms with E-state index in [-0.39, 0.29) is 18.0 Å². The first-order valence-corrected chi connectivity index (χ1v) is 5.94. The SMILES string of the molecule is CCCNC(=O)Cn1ncc2ccccc2c1=O. The van der Waals surface area contributed by atoms with Crippen molar-refractivity contribution in [2.24, 2.45) is 0 Å². The van der Waals surface area contributed by atoms with Gasteiger partial charge in [0, 0.05) is 11.9 Å². The molecule has 18 heavy (non-hydrogen) atoms. The topological polar surface area (TPSA) is 64.0 Å². The number of aromatic nitrogens is 2. The molecule has 1 amide bonds. The molecule has 0 aliphatic carbocycles. The molecule has 0 spiro atoms. The summed E-state index contributed by atoms with van der Waals surface area (Å²) in [6.07, 6.45) is 2.47. The van der Waals surface area contributed by atoms with E-state index >= 15 is 0 Å². The van der Waals surface area contributed by atoms with E-state index in [1.165, 1.54) is 4.68 Å². The molecule has 0 unspecified atom stereocenters. The van der Waals surface area contributed by atoms with Crippen LogP contribution in [0.1, 0.15) is 13.3 Å². The van der Waals surface area contributed by atoms with Crippen LogP contribution in [0.25, 0.3) is 10.8 Å². The van der Waals surface area contributed by atoms with Gasteiger partial charge < -0.3 is 5.32 Å². The summed E-state index contributed by atoms with van der Waals surface area (Å²) in [5, 5.41) is 8.08. The molecule has 0 saturated heterocycles. The minimum atomic E-state index is -0.236. The molecule has 0 aliphatic heterocycles. The van der Waals surface area contributed by atoms with Crippen molar-refractivity contribution in [3.05, 3.63) is 40.8 Å². The normalized spacial score (nSPS) is 10.5. The zero-order valence-electron chi connectivity index (χ0n) is 10.2. The number of benzene rings is 1. The Bertz CT molecular complexity index is 619. The predicted octanol–water partition coefficient (Wildman–Crippen LogP) is 0.923. The van der Waals surface area contributed by atoms with E-state index in [9.17, 15) is 9.59 Å². The standard InChI is InChI=1S/C13H15N3O2/c1-2-7-14-12(17)9-16-13(18)11-6-4-3-5-10(11)8-15-16/h3-6,8H,2,7,9H2,1H3,(H,14,17). The maximum Gasteiger partial charge on any atom is 0.275 e. The highest BCUT2D eigenvalue weighted by Gasteiger charge is 2.07. The molecule has 5 heteroatoms. The monoisotopic (exact) mass is 245 g/mol. The van der Waals surface area contributed by atoms with Gasteiger partial charge in [0.2, 0.25) is 5.91 Å². The Balaban J connectivity index is 2.27. The van der Waals surface area contributed by atoms with E-state index in [1.807, 2.05) is 19.1 Å². The van der Waals surface area contributed by atoms with Gasteiger partial charge in [0.05, 0.1) is 11.6 Å². The smallest absolute Gasteiger partial charge is 0.275 e. The van der Waals surface area contributed by atoms with E-state index in [0.29, 0.717) is 11.9 Å². The number of amides is 1. The molecule has 94 valence electrons. The number of nitrogens with one attached hydrogen (secondary N) is 1. The van der Waals surface area contributed by atoms with E-state index in [0.717, 1.165) is 11.8 Å². The first kappa shape index (κ1) is 12.3. The van der Waals surface area contributed by atoms with Gasteiger partial charge in [0.25, 0.3) is 5.56 Å². The average Bonchev–Trinajstić information content (AvgIpc) is 2.40. The van der Waals surface area contributed by atoms with Crippen molar-refractivity contribution in [3.63, 3.8) is 0 Å². The quantitative estimate of drug-likeness (QED) is 0.871. The Hall–Kier alpha value is -2.17. The average molecular weight is 245 g/mol. The lowest BCUT2D eigenvalue weighted by atomic mass is 10.2. The van der Waals surface area contributed by atoms with Crippen molar-refractivity contribution >= 4 is 16.7 Å². The molecule has 0 saturated carbocycles. The van der Waals surface area contributed by atoms with Crippen LogP contribution < -0.4 is 10.9 Å². The van der Waals surface area contributed by atoms with Gasteiger partial charge in [-0.3, -0.25) is 9.59 Å². The van der Waals surface area contributed by atoms with E-state index in [1.54, 1.807) is 18.3 Å². The van der Waals surface area contributed by atoms with Gasteiger partial charge in [-0.2, -0.15) is 5.10 Å². The van der Waals surface area contributed by atoms with Crippen molar-refractivity contribution in [3.8, 4) is 0 Å². The number of rotatable bonds is 4. The fourth-order valence-electron chi connectivity index (χ4n) is 1.70. The summed E-state index contributed by atoms with van der Waals surface area (Å²) in [4.78, 5) is 23.6. The van der Waals surface area contributed by atoms with E-state index in [2.05, 4.69) is 10.4 Å². The fraction of sp³-hybridized carbons (Fsp3) is 0.308. The van der Waals surface area contributed by atoms with Gasteiger partial charge in [-0.05, 0) is 12.5 Å². The van der Waals surface area contributed by atoms with Crippen LogP contribution in [0.2, 0.25) is 0 Å². The first-order chi connectivity index (χ1) is 8.72. The fourth-order valence-corrected chi connectivity index (χ4v) is 1.70. The third-order valence-corrected chi connectivity index (χ3v) is 2.63. The van der Waals surface area contributed by atoms with Crippen molar-refractivity contribution in [2.45, 2.75) is 19.9 Å². The van der Waals surface area contributed by atoms with Gasteiger partial charge >= 0.3 is 0 Å². The third-order valence-electron chi connectivity index (χ3n) is 2.63. The Morgan fingerprint density at radius 2 is 2.17 bits per heavy atom. The Kier molecular flexibility index (Phi) is 3.72. The van der Waals surface area contributed by atoms with Crippen molar-refractivity contribution in [2.75, 3.05) is 6.54 Å². The van der Waals surface area contributed by atoms with Crippen LogP contribution in [0.5, 0.6) is 0 Å².